The van der Waals surface area contributed by atoms with E-state index in [0.717, 1.165) is 12.8 Å². The van der Waals surface area contributed by atoms with E-state index in [1.807, 2.05) is 4.90 Å². The number of likely N-dealkylation sites (tertiary alicyclic amines) is 1. The van der Waals surface area contributed by atoms with Crippen molar-refractivity contribution >= 4 is 11.6 Å². The Morgan fingerprint density at radius 2 is 2.10 bits per heavy atom. The van der Waals surface area contributed by atoms with Gasteiger partial charge >= 0.3 is 0 Å². The molecule has 5 nitrogen and oxygen atoms in total. The van der Waals surface area contributed by atoms with Gasteiger partial charge in [0, 0.05) is 44.3 Å². The van der Waals surface area contributed by atoms with Crippen molar-refractivity contribution in [2.75, 3.05) is 24.5 Å². The van der Waals surface area contributed by atoms with Crippen LogP contribution in [-0.2, 0) is 4.79 Å². The van der Waals surface area contributed by atoms with Crippen molar-refractivity contribution in [1.82, 2.24) is 9.88 Å². The smallest absolute Gasteiger partial charge is 0.223 e. The number of amides is 1. The topological polar surface area (TPSA) is 62.5 Å². The minimum Gasteiger partial charge on any atom is -0.360 e. The van der Waals surface area contributed by atoms with E-state index in [2.05, 4.69) is 9.88 Å². The van der Waals surface area contributed by atoms with Crippen molar-refractivity contribution in [2.24, 2.45) is 5.73 Å². The number of pyridine rings is 1. The standard InChI is InChI=1S/C14H19FN4O/c15-12-7-17-6-4-13(12)19-10-1-2-11(19)9-18(8-10)14(20)3-5-16/h4,6-7,10-11H,1-3,5,8-9,16H2. The number of nitrogens with two attached hydrogens (primary N) is 1. The maximum atomic E-state index is 13.9. The molecule has 1 amide bonds. The maximum absolute atomic E-state index is 13.9. The summed E-state index contributed by atoms with van der Waals surface area (Å²) in [6.07, 6.45) is 5.26. The number of carbonyl (C=O) groups is 1. The Balaban J connectivity index is 1.79. The van der Waals surface area contributed by atoms with Crippen LogP contribution in [0, 0.1) is 5.82 Å². The van der Waals surface area contributed by atoms with Gasteiger partial charge in [-0.2, -0.15) is 0 Å². The predicted octanol–water partition coefficient (Wildman–Crippen LogP) is 0.749. The van der Waals surface area contributed by atoms with Crippen molar-refractivity contribution < 1.29 is 9.18 Å². The number of carbonyl (C=O) groups excluding carboxylic acids is 1. The minimum absolute atomic E-state index is 0.110. The van der Waals surface area contributed by atoms with Crippen molar-refractivity contribution in [3.8, 4) is 0 Å². The number of halogens is 1. The van der Waals surface area contributed by atoms with Gasteiger partial charge in [-0.1, -0.05) is 0 Å². The average molecular weight is 278 g/mol. The lowest BCUT2D eigenvalue weighted by molar-refractivity contribution is -0.131. The number of hydrogen-bond donors (Lipinski definition) is 1. The van der Waals surface area contributed by atoms with Crippen LogP contribution in [0.5, 0.6) is 0 Å². The highest BCUT2D eigenvalue weighted by atomic mass is 19.1. The molecule has 20 heavy (non-hydrogen) atoms. The van der Waals surface area contributed by atoms with Gasteiger partial charge in [-0.25, -0.2) is 4.39 Å². The molecule has 2 N–H and O–H groups in total. The summed E-state index contributed by atoms with van der Waals surface area (Å²) in [4.78, 5) is 19.8. The second-order valence-corrected chi connectivity index (χ2v) is 5.46. The lowest BCUT2D eigenvalue weighted by Gasteiger charge is -2.42. The Morgan fingerprint density at radius 1 is 1.40 bits per heavy atom. The van der Waals surface area contributed by atoms with Crippen LogP contribution in [0.2, 0.25) is 0 Å². The van der Waals surface area contributed by atoms with Gasteiger partial charge in [-0.3, -0.25) is 9.78 Å². The van der Waals surface area contributed by atoms with Gasteiger partial charge < -0.3 is 15.5 Å². The van der Waals surface area contributed by atoms with Gasteiger partial charge in [-0.05, 0) is 18.9 Å². The predicted molar refractivity (Wildman–Crippen MR) is 73.7 cm³/mol. The van der Waals surface area contributed by atoms with Crippen LogP contribution in [0.4, 0.5) is 10.1 Å². The summed E-state index contributed by atoms with van der Waals surface area (Å²) < 4.78 is 13.9. The van der Waals surface area contributed by atoms with E-state index in [-0.39, 0.29) is 23.8 Å². The van der Waals surface area contributed by atoms with E-state index in [1.165, 1.54) is 6.20 Å². The fraction of sp³-hybridized carbons (Fsp3) is 0.571. The molecule has 2 aliphatic rings. The quantitative estimate of drug-likeness (QED) is 0.886. The SMILES string of the molecule is NCCC(=O)N1CC2CCC(C1)N2c1ccncc1F. The zero-order valence-corrected chi connectivity index (χ0v) is 11.3. The molecular formula is C14H19FN4O. The summed E-state index contributed by atoms with van der Waals surface area (Å²) >= 11 is 0. The molecule has 0 aromatic carbocycles. The van der Waals surface area contributed by atoms with E-state index >= 15 is 0 Å². The molecule has 6 heteroatoms. The molecule has 108 valence electrons. The molecule has 2 bridgehead atoms. The molecule has 2 unspecified atom stereocenters. The van der Waals surface area contributed by atoms with Crippen LogP contribution in [0.15, 0.2) is 18.5 Å². The van der Waals surface area contributed by atoms with E-state index in [9.17, 15) is 9.18 Å². The number of nitrogens with zero attached hydrogens (tertiary/aromatic N) is 3. The maximum Gasteiger partial charge on any atom is 0.223 e. The number of anilines is 1. The molecule has 3 heterocycles. The summed E-state index contributed by atoms with van der Waals surface area (Å²) in [7, 11) is 0. The van der Waals surface area contributed by atoms with Gasteiger partial charge in [-0.15, -0.1) is 0 Å². The van der Waals surface area contributed by atoms with Gasteiger partial charge in [0.05, 0.1) is 11.9 Å². The molecule has 0 aliphatic carbocycles. The van der Waals surface area contributed by atoms with Crippen LogP contribution < -0.4 is 10.6 Å². The van der Waals surface area contributed by atoms with Crippen LogP contribution >= 0.6 is 0 Å². The van der Waals surface area contributed by atoms with Gasteiger partial charge in [0.25, 0.3) is 0 Å². The molecule has 1 aromatic heterocycles. The van der Waals surface area contributed by atoms with E-state index < -0.39 is 0 Å². The first-order chi connectivity index (χ1) is 9.70. The van der Waals surface area contributed by atoms with Gasteiger partial charge in [0.2, 0.25) is 5.91 Å². The highest BCUT2D eigenvalue weighted by Crippen LogP contribution is 2.35. The zero-order valence-electron chi connectivity index (χ0n) is 11.3. The Morgan fingerprint density at radius 3 is 2.70 bits per heavy atom. The first-order valence-electron chi connectivity index (χ1n) is 7.06. The van der Waals surface area contributed by atoms with Crippen LogP contribution in [-0.4, -0.2) is 47.5 Å². The molecule has 2 aliphatic heterocycles. The second-order valence-electron chi connectivity index (χ2n) is 5.46. The number of aromatic nitrogens is 1. The number of fused-ring (bicyclic) bond motifs is 2. The molecule has 0 saturated carbocycles. The lowest BCUT2D eigenvalue weighted by atomic mass is 10.1. The summed E-state index contributed by atoms with van der Waals surface area (Å²) in [6.45, 7) is 1.71. The fourth-order valence-electron chi connectivity index (χ4n) is 3.36. The Bertz CT molecular complexity index is 496. The van der Waals surface area contributed by atoms with E-state index in [1.54, 1.807) is 12.3 Å². The molecule has 2 saturated heterocycles. The van der Waals surface area contributed by atoms with Crippen LogP contribution in [0.1, 0.15) is 19.3 Å². The lowest BCUT2D eigenvalue weighted by Crippen LogP contribution is -2.56. The highest BCUT2D eigenvalue weighted by Gasteiger charge is 2.41. The van der Waals surface area contributed by atoms with Gasteiger partial charge in [0.15, 0.2) is 5.82 Å². The summed E-state index contributed by atoms with van der Waals surface area (Å²) in [5.41, 5.74) is 6.05. The second kappa shape index (κ2) is 5.36. The van der Waals surface area contributed by atoms with Gasteiger partial charge in [0.1, 0.15) is 0 Å². The van der Waals surface area contributed by atoms with Crippen molar-refractivity contribution in [1.29, 1.82) is 0 Å². The average Bonchev–Trinajstić information content (AvgIpc) is 2.69. The van der Waals surface area contributed by atoms with Crippen LogP contribution in [0.25, 0.3) is 0 Å². The molecule has 0 radical (unpaired) electrons. The largest absolute Gasteiger partial charge is 0.360 e. The monoisotopic (exact) mass is 278 g/mol. The normalized spacial score (nSPS) is 25.1. The first-order valence-corrected chi connectivity index (χ1v) is 7.06. The third kappa shape index (κ3) is 2.24. The van der Waals surface area contributed by atoms with E-state index in [0.29, 0.717) is 31.7 Å². The summed E-state index contributed by atoms with van der Waals surface area (Å²) in [5.74, 6) is -0.176. The number of hydrogen-bond acceptors (Lipinski definition) is 4. The third-order valence-corrected chi connectivity index (χ3v) is 4.22. The molecular weight excluding hydrogens is 259 g/mol. The van der Waals surface area contributed by atoms with Crippen LogP contribution in [0.3, 0.4) is 0 Å². The first kappa shape index (κ1) is 13.3. The molecule has 2 fully saturated rings. The van der Waals surface area contributed by atoms with E-state index in [4.69, 9.17) is 5.73 Å². The molecule has 1 aromatic rings. The van der Waals surface area contributed by atoms with Crippen molar-refractivity contribution in [3.63, 3.8) is 0 Å². The number of rotatable bonds is 3. The zero-order chi connectivity index (χ0) is 14.1. The third-order valence-electron chi connectivity index (χ3n) is 4.22. The Hall–Kier alpha value is -1.69. The molecule has 0 spiro atoms. The molecule has 2 atom stereocenters. The Labute approximate surface area is 117 Å². The summed E-state index contributed by atoms with van der Waals surface area (Å²) in [5, 5.41) is 0. The number of piperazine rings is 1. The minimum atomic E-state index is -0.286. The molecule has 3 rings (SSSR count). The van der Waals surface area contributed by atoms with Crippen molar-refractivity contribution in [2.45, 2.75) is 31.3 Å². The highest BCUT2D eigenvalue weighted by molar-refractivity contribution is 5.77. The van der Waals surface area contributed by atoms with Crippen molar-refractivity contribution in [3.05, 3.63) is 24.3 Å². The summed E-state index contributed by atoms with van der Waals surface area (Å²) in [6, 6.07) is 2.12. The fourth-order valence-corrected chi connectivity index (χ4v) is 3.36. The Kier molecular flexibility index (Phi) is 3.56.